The molecule has 0 radical (unpaired) electrons. The van der Waals surface area contributed by atoms with Gasteiger partial charge in [-0.15, -0.1) is 0 Å². The van der Waals surface area contributed by atoms with Crippen molar-refractivity contribution >= 4 is 5.65 Å². The molecule has 3 fully saturated rings. The van der Waals surface area contributed by atoms with Gasteiger partial charge in [-0.3, -0.25) is 9.59 Å². The Hall–Kier alpha value is -2.94. The Bertz CT molecular complexity index is 1480. The zero-order valence-electron chi connectivity index (χ0n) is 22.0. The molecule has 1 aliphatic heterocycles. The van der Waals surface area contributed by atoms with Crippen molar-refractivity contribution in [2.75, 3.05) is 6.61 Å². The fourth-order valence-corrected chi connectivity index (χ4v) is 5.96. The highest BCUT2D eigenvalue weighted by atomic mass is 19.3. The summed E-state index contributed by atoms with van der Waals surface area (Å²) < 4.78 is 37.3. The second-order valence-electron chi connectivity index (χ2n) is 11.5. The number of hydrogen-bond donors (Lipinski definition) is 0. The molecule has 1 saturated heterocycles. The first kappa shape index (κ1) is 25.3. The van der Waals surface area contributed by atoms with Gasteiger partial charge >= 0.3 is 0 Å². The zero-order chi connectivity index (χ0) is 26.6. The van der Waals surface area contributed by atoms with Crippen molar-refractivity contribution in [1.82, 2.24) is 19.2 Å². The molecule has 0 aromatic carbocycles. The van der Waals surface area contributed by atoms with Crippen molar-refractivity contribution in [3.05, 3.63) is 73.2 Å². The van der Waals surface area contributed by atoms with Crippen LogP contribution in [-0.4, -0.2) is 31.7 Å². The van der Waals surface area contributed by atoms with Crippen LogP contribution in [0, 0.1) is 19.8 Å². The van der Waals surface area contributed by atoms with Crippen molar-refractivity contribution in [1.29, 1.82) is 0 Å². The summed E-state index contributed by atoms with van der Waals surface area (Å²) in [6.07, 6.45) is 5.86. The summed E-state index contributed by atoms with van der Waals surface area (Å²) in [6, 6.07) is 5.47. The van der Waals surface area contributed by atoms with Crippen molar-refractivity contribution in [3.8, 4) is 0 Å². The average Bonchev–Trinajstić information content (AvgIpc) is 3.73. The Balaban J connectivity index is 1.36. The van der Waals surface area contributed by atoms with Crippen LogP contribution < -0.4 is 11.1 Å². The third-order valence-electron chi connectivity index (χ3n) is 8.70. The van der Waals surface area contributed by atoms with E-state index >= 15 is 0 Å². The van der Waals surface area contributed by atoms with E-state index in [2.05, 4.69) is 0 Å². The van der Waals surface area contributed by atoms with Gasteiger partial charge in [-0.25, -0.2) is 13.8 Å². The highest BCUT2D eigenvalue weighted by Crippen LogP contribution is 2.43. The lowest BCUT2D eigenvalue weighted by molar-refractivity contribution is -0.0382. The SMILES string of the molecule is Cc1nc2c(C3CCC(F)(F)CC3)cc([C@H]3CCO[C@@H](c4ccc(=O)n(CC5CC5)c4)C3)nn2c(=O)c1C. The van der Waals surface area contributed by atoms with Crippen LogP contribution in [0.15, 0.2) is 34.0 Å². The van der Waals surface area contributed by atoms with Gasteiger partial charge < -0.3 is 9.30 Å². The lowest BCUT2D eigenvalue weighted by atomic mass is 9.81. The first-order chi connectivity index (χ1) is 18.2. The van der Waals surface area contributed by atoms with Gasteiger partial charge in [-0.05, 0) is 81.9 Å². The minimum Gasteiger partial charge on any atom is -0.373 e. The van der Waals surface area contributed by atoms with Crippen LogP contribution in [0.3, 0.4) is 0 Å². The Morgan fingerprint density at radius 2 is 1.82 bits per heavy atom. The molecule has 3 aromatic heterocycles. The summed E-state index contributed by atoms with van der Waals surface area (Å²) in [5.74, 6) is -2.12. The molecular weight excluding hydrogens is 490 g/mol. The topological polar surface area (TPSA) is 78.5 Å². The number of ether oxygens (including phenoxy) is 1. The molecule has 2 saturated carbocycles. The number of alkyl halides is 2. The van der Waals surface area contributed by atoms with E-state index in [1.165, 1.54) is 17.4 Å². The molecule has 3 aromatic rings. The molecule has 2 aliphatic carbocycles. The van der Waals surface area contributed by atoms with Crippen LogP contribution >= 0.6 is 0 Å². The number of aryl methyl sites for hydroxylation is 1. The van der Waals surface area contributed by atoms with E-state index in [-0.39, 0.29) is 41.9 Å². The molecule has 0 bridgehead atoms. The molecule has 0 amide bonds. The summed E-state index contributed by atoms with van der Waals surface area (Å²) in [5.41, 5.74) is 4.03. The number of halogens is 2. The van der Waals surface area contributed by atoms with Gasteiger partial charge in [0.05, 0.1) is 11.8 Å². The molecule has 7 nitrogen and oxygen atoms in total. The Labute approximate surface area is 219 Å². The Kier molecular flexibility index (Phi) is 6.45. The Morgan fingerprint density at radius 1 is 1.05 bits per heavy atom. The Morgan fingerprint density at radius 3 is 2.55 bits per heavy atom. The minimum absolute atomic E-state index is 0.00412. The smallest absolute Gasteiger partial charge is 0.277 e. The second kappa shape index (κ2) is 9.67. The van der Waals surface area contributed by atoms with Gasteiger partial charge in [0, 0.05) is 61.0 Å². The first-order valence-corrected chi connectivity index (χ1v) is 13.8. The zero-order valence-corrected chi connectivity index (χ0v) is 22.0. The summed E-state index contributed by atoms with van der Waals surface area (Å²) in [7, 11) is 0. The van der Waals surface area contributed by atoms with Crippen LogP contribution in [0.1, 0.15) is 97.4 Å². The number of rotatable bonds is 5. The van der Waals surface area contributed by atoms with Crippen molar-refractivity contribution in [2.45, 2.75) is 95.6 Å². The van der Waals surface area contributed by atoms with E-state index in [1.54, 1.807) is 24.5 Å². The fraction of sp³-hybridized carbons (Fsp3) is 0.586. The van der Waals surface area contributed by atoms with Gasteiger partial charge in [0.25, 0.3) is 11.1 Å². The summed E-state index contributed by atoms with van der Waals surface area (Å²) >= 11 is 0. The number of pyridine rings is 1. The largest absolute Gasteiger partial charge is 0.373 e. The van der Waals surface area contributed by atoms with E-state index < -0.39 is 5.92 Å². The third kappa shape index (κ3) is 4.93. The summed E-state index contributed by atoms with van der Waals surface area (Å²) in [5, 5.41) is 4.77. The van der Waals surface area contributed by atoms with Gasteiger partial charge in [-0.2, -0.15) is 9.61 Å². The molecule has 4 heterocycles. The maximum atomic E-state index is 14.0. The predicted octanol–water partition coefficient (Wildman–Crippen LogP) is 5.21. The molecule has 202 valence electrons. The first-order valence-electron chi connectivity index (χ1n) is 13.8. The van der Waals surface area contributed by atoms with Gasteiger partial charge in [0.2, 0.25) is 5.92 Å². The highest BCUT2D eigenvalue weighted by Gasteiger charge is 2.37. The van der Waals surface area contributed by atoms with Gasteiger partial charge in [0.15, 0.2) is 5.65 Å². The van der Waals surface area contributed by atoms with E-state index in [0.29, 0.717) is 48.7 Å². The molecule has 3 aliphatic rings. The maximum absolute atomic E-state index is 14.0. The van der Waals surface area contributed by atoms with E-state index in [4.69, 9.17) is 14.8 Å². The van der Waals surface area contributed by atoms with Crippen molar-refractivity contribution in [3.63, 3.8) is 0 Å². The number of aromatic nitrogens is 4. The normalized spacial score (nSPS) is 24.1. The number of hydrogen-bond acceptors (Lipinski definition) is 5. The highest BCUT2D eigenvalue weighted by molar-refractivity contribution is 5.51. The lowest BCUT2D eigenvalue weighted by Crippen LogP contribution is -2.28. The van der Waals surface area contributed by atoms with Crippen LogP contribution in [-0.2, 0) is 11.3 Å². The number of fused-ring (bicyclic) bond motifs is 1. The van der Waals surface area contributed by atoms with Gasteiger partial charge in [-0.1, -0.05) is 0 Å². The fourth-order valence-electron chi connectivity index (χ4n) is 5.96. The average molecular weight is 525 g/mol. The van der Waals surface area contributed by atoms with Crippen molar-refractivity contribution in [2.24, 2.45) is 5.92 Å². The molecule has 2 atom stereocenters. The summed E-state index contributed by atoms with van der Waals surface area (Å²) in [6.45, 7) is 4.82. The molecule has 0 N–H and O–H groups in total. The van der Waals surface area contributed by atoms with Crippen LogP contribution in [0.4, 0.5) is 8.78 Å². The van der Waals surface area contributed by atoms with Crippen LogP contribution in [0.25, 0.3) is 5.65 Å². The molecule has 9 heteroatoms. The predicted molar refractivity (Wildman–Crippen MR) is 139 cm³/mol. The second-order valence-corrected chi connectivity index (χ2v) is 11.5. The molecule has 38 heavy (non-hydrogen) atoms. The molecule has 0 spiro atoms. The number of nitrogens with zero attached hydrogens (tertiary/aromatic N) is 4. The van der Waals surface area contributed by atoms with Crippen LogP contribution in [0.5, 0.6) is 0 Å². The van der Waals surface area contributed by atoms with E-state index in [1.807, 2.05) is 18.3 Å². The standard InChI is InChI=1S/C29H34F2N4O3/c1-17-18(2)32-27-23(20-7-10-29(30,31)11-8-20)14-24(33-35(27)28(17)37)21-9-12-38-25(13-21)22-5-6-26(36)34(16-22)15-19-3-4-19/h5-6,14,16,19-21,25H,3-4,7-13,15H2,1-2H3/t21-,25+/m0/s1. The minimum atomic E-state index is -2.64. The molecule has 0 unspecified atom stereocenters. The lowest BCUT2D eigenvalue weighted by Gasteiger charge is -2.32. The van der Waals surface area contributed by atoms with Gasteiger partial charge in [0.1, 0.15) is 0 Å². The van der Waals surface area contributed by atoms with E-state index in [0.717, 1.165) is 29.8 Å². The quantitative estimate of drug-likeness (QED) is 0.458. The third-order valence-corrected chi connectivity index (χ3v) is 8.70. The molecular formula is C29H34F2N4O3. The monoisotopic (exact) mass is 524 g/mol. The molecule has 6 rings (SSSR count). The van der Waals surface area contributed by atoms with E-state index in [9.17, 15) is 18.4 Å². The van der Waals surface area contributed by atoms with Crippen LogP contribution in [0.2, 0.25) is 0 Å². The van der Waals surface area contributed by atoms with Crippen molar-refractivity contribution < 1.29 is 13.5 Å². The summed E-state index contributed by atoms with van der Waals surface area (Å²) in [4.78, 5) is 30.3. The maximum Gasteiger partial charge on any atom is 0.277 e.